The number of hydrogen-bond donors (Lipinski definition) is 1. The quantitative estimate of drug-likeness (QED) is 0.870. The third kappa shape index (κ3) is 2.26. The maximum absolute atomic E-state index is 5.80. The highest BCUT2D eigenvalue weighted by atomic mass is 15.1. The molecular weight excluding hydrogens is 212 g/mol. The van der Waals surface area contributed by atoms with Crippen molar-refractivity contribution in [2.45, 2.75) is 57.3 Å². The molecule has 17 heavy (non-hydrogen) atoms. The number of rotatable bonds is 3. The molecule has 4 heteroatoms. The summed E-state index contributed by atoms with van der Waals surface area (Å²) < 4.78 is 0. The van der Waals surface area contributed by atoms with Gasteiger partial charge in [0.25, 0.3) is 0 Å². The molecule has 1 aromatic heterocycles. The Labute approximate surface area is 102 Å². The lowest BCUT2D eigenvalue weighted by molar-refractivity contribution is 0.515. The zero-order chi connectivity index (χ0) is 11.8. The van der Waals surface area contributed by atoms with E-state index in [1.165, 1.54) is 38.5 Å². The van der Waals surface area contributed by atoms with E-state index < -0.39 is 0 Å². The Bertz CT molecular complexity index is 414. The molecule has 1 aromatic rings. The zero-order valence-electron chi connectivity index (χ0n) is 10.4. The summed E-state index contributed by atoms with van der Waals surface area (Å²) in [5.41, 5.74) is 5.80. The van der Waals surface area contributed by atoms with Gasteiger partial charge in [0, 0.05) is 11.8 Å². The maximum Gasteiger partial charge on any atom is 0.223 e. The second-order valence-corrected chi connectivity index (χ2v) is 5.47. The normalized spacial score (nSPS) is 28.5. The summed E-state index contributed by atoms with van der Waals surface area (Å²) in [5, 5.41) is 0. The highest BCUT2D eigenvalue weighted by Gasteiger charge is 2.31. The van der Waals surface area contributed by atoms with Crippen molar-refractivity contribution in [2.24, 2.45) is 5.92 Å². The minimum absolute atomic E-state index is 0.414. The Balaban J connectivity index is 1.82. The van der Waals surface area contributed by atoms with Crippen LogP contribution >= 0.6 is 0 Å². The van der Waals surface area contributed by atoms with E-state index >= 15 is 0 Å². The molecule has 2 atom stereocenters. The van der Waals surface area contributed by atoms with Gasteiger partial charge in [0.15, 0.2) is 0 Å². The second kappa shape index (κ2) is 4.24. The molecule has 0 saturated heterocycles. The predicted molar refractivity (Wildman–Crippen MR) is 66.6 cm³/mol. The van der Waals surface area contributed by atoms with Gasteiger partial charge < -0.3 is 5.73 Å². The summed E-state index contributed by atoms with van der Waals surface area (Å²) >= 11 is 0. The first-order chi connectivity index (χ1) is 8.26. The van der Waals surface area contributed by atoms with Crippen LogP contribution in [-0.4, -0.2) is 15.0 Å². The fourth-order valence-electron chi connectivity index (χ4n) is 2.81. The number of nitrogen functional groups attached to an aromatic ring is 1. The first-order valence-electron chi connectivity index (χ1n) is 6.77. The van der Waals surface area contributed by atoms with E-state index in [0.717, 1.165) is 17.6 Å². The molecule has 2 aliphatic carbocycles. The average molecular weight is 232 g/mol. The molecule has 2 unspecified atom stereocenters. The predicted octanol–water partition coefficient (Wildman–Crippen LogP) is 2.62. The highest BCUT2D eigenvalue weighted by Crippen LogP contribution is 2.41. The molecule has 3 rings (SSSR count). The average Bonchev–Trinajstić information content (AvgIpc) is 3.06. The number of nitrogens with two attached hydrogens (primary N) is 1. The van der Waals surface area contributed by atoms with Gasteiger partial charge in [-0.1, -0.05) is 13.3 Å². The number of anilines is 1. The van der Waals surface area contributed by atoms with Crippen LogP contribution in [-0.2, 0) is 0 Å². The molecule has 2 N–H and O–H groups in total. The Morgan fingerprint density at radius 3 is 2.24 bits per heavy atom. The van der Waals surface area contributed by atoms with E-state index in [0.29, 0.717) is 17.8 Å². The SMILES string of the molecule is CCC1CCC(c2nc(N)nc(C3CC3)n2)C1. The van der Waals surface area contributed by atoms with Gasteiger partial charge >= 0.3 is 0 Å². The molecule has 0 amide bonds. The lowest BCUT2D eigenvalue weighted by atomic mass is 10.0. The van der Waals surface area contributed by atoms with Crippen LogP contribution < -0.4 is 5.73 Å². The Morgan fingerprint density at radius 2 is 1.65 bits per heavy atom. The molecule has 2 saturated carbocycles. The van der Waals surface area contributed by atoms with Crippen LogP contribution in [0.5, 0.6) is 0 Å². The van der Waals surface area contributed by atoms with Crippen molar-refractivity contribution in [1.29, 1.82) is 0 Å². The highest BCUT2D eigenvalue weighted by molar-refractivity contribution is 5.21. The Kier molecular flexibility index (Phi) is 2.73. The third-order valence-electron chi connectivity index (χ3n) is 4.11. The van der Waals surface area contributed by atoms with Crippen LogP contribution in [0.3, 0.4) is 0 Å². The largest absolute Gasteiger partial charge is 0.368 e. The van der Waals surface area contributed by atoms with Crippen LogP contribution in [0.1, 0.15) is 68.9 Å². The second-order valence-electron chi connectivity index (χ2n) is 5.47. The van der Waals surface area contributed by atoms with Gasteiger partial charge in [-0.05, 0) is 38.0 Å². The van der Waals surface area contributed by atoms with E-state index in [1.54, 1.807) is 0 Å². The standard InChI is InChI=1S/C13H20N4/c1-2-8-3-4-10(7-8)12-15-11(9-5-6-9)16-13(14)17-12/h8-10H,2-7H2,1H3,(H2,14,15,16,17). The summed E-state index contributed by atoms with van der Waals surface area (Å²) in [6.45, 7) is 2.27. The lowest BCUT2D eigenvalue weighted by Crippen LogP contribution is -2.09. The fraction of sp³-hybridized carbons (Fsp3) is 0.769. The number of aromatic nitrogens is 3. The molecule has 0 aliphatic heterocycles. The summed E-state index contributed by atoms with van der Waals surface area (Å²) in [4.78, 5) is 13.3. The van der Waals surface area contributed by atoms with Crippen LogP contribution in [0.25, 0.3) is 0 Å². The molecule has 0 bridgehead atoms. The van der Waals surface area contributed by atoms with Crippen molar-refractivity contribution in [2.75, 3.05) is 5.73 Å². The number of nitrogens with zero attached hydrogens (tertiary/aromatic N) is 3. The molecule has 92 valence electrons. The molecule has 0 spiro atoms. The van der Waals surface area contributed by atoms with Gasteiger partial charge in [-0.15, -0.1) is 0 Å². The Morgan fingerprint density at radius 1 is 1.00 bits per heavy atom. The van der Waals surface area contributed by atoms with Gasteiger partial charge in [0.2, 0.25) is 5.95 Å². The van der Waals surface area contributed by atoms with Crippen LogP contribution in [0.4, 0.5) is 5.95 Å². The summed E-state index contributed by atoms with van der Waals surface area (Å²) in [7, 11) is 0. The van der Waals surface area contributed by atoms with Gasteiger partial charge in [-0.3, -0.25) is 0 Å². The van der Waals surface area contributed by atoms with Gasteiger partial charge in [0.05, 0.1) is 0 Å². The van der Waals surface area contributed by atoms with Crippen LogP contribution in [0.2, 0.25) is 0 Å². The molecule has 2 aliphatic rings. The lowest BCUT2D eigenvalue weighted by Gasteiger charge is -2.10. The van der Waals surface area contributed by atoms with Crippen molar-refractivity contribution < 1.29 is 0 Å². The Hall–Kier alpha value is -1.19. The topological polar surface area (TPSA) is 64.7 Å². The van der Waals surface area contributed by atoms with E-state index in [-0.39, 0.29) is 0 Å². The van der Waals surface area contributed by atoms with E-state index in [2.05, 4.69) is 21.9 Å². The monoisotopic (exact) mass is 232 g/mol. The maximum atomic E-state index is 5.80. The smallest absolute Gasteiger partial charge is 0.223 e. The van der Waals surface area contributed by atoms with Gasteiger partial charge in [0.1, 0.15) is 11.6 Å². The summed E-state index contributed by atoms with van der Waals surface area (Å²) in [5.74, 6) is 4.23. The molecule has 2 fully saturated rings. The summed E-state index contributed by atoms with van der Waals surface area (Å²) in [6, 6.07) is 0. The third-order valence-corrected chi connectivity index (χ3v) is 4.11. The van der Waals surface area contributed by atoms with Gasteiger partial charge in [-0.25, -0.2) is 4.98 Å². The van der Waals surface area contributed by atoms with Crippen LogP contribution in [0.15, 0.2) is 0 Å². The van der Waals surface area contributed by atoms with E-state index in [4.69, 9.17) is 5.73 Å². The number of hydrogen-bond acceptors (Lipinski definition) is 4. The molecule has 0 radical (unpaired) electrons. The minimum Gasteiger partial charge on any atom is -0.368 e. The van der Waals surface area contributed by atoms with Crippen molar-refractivity contribution >= 4 is 5.95 Å². The van der Waals surface area contributed by atoms with Gasteiger partial charge in [-0.2, -0.15) is 9.97 Å². The van der Waals surface area contributed by atoms with Crippen molar-refractivity contribution in [3.63, 3.8) is 0 Å². The molecule has 4 nitrogen and oxygen atoms in total. The molecular formula is C13H20N4. The first-order valence-corrected chi connectivity index (χ1v) is 6.77. The van der Waals surface area contributed by atoms with Crippen molar-refractivity contribution in [1.82, 2.24) is 15.0 Å². The van der Waals surface area contributed by atoms with E-state index in [9.17, 15) is 0 Å². The first kappa shape index (κ1) is 10.9. The minimum atomic E-state index is 0.414. The molecule has 1 heterocycles. The zero-order valence-corrected chi connectivity index (χ0v) is 10.4. The van der Waals surface area contributed by atoms with Crippen molar-refractivity contribution in [3.05, 3.63) is 11.6 Å². The van der Waals surface area contributed by atoms with Crippen LogP contribution in [0, 0.1) is 5.92 Å². The van der Waals surface area contributed by atoms with Crippen molar-refractivity contribution in [3.8, 4) is 0 Å². The molecule has 0 aromatic carbocycles. The van der Waals surface area contributed by atoms with E-state index in [1.807, 2.05) is 0 Å². The fourth-order valence-corrected chi connectivity index (χ4v) is 2.81. The summed E-state index contributed by atoms with van der Waals surface area (Å²) in [6.07, 6.45) is 7.45.